The number of anilines is 1. The van der Waals surface area contributed by atoms with Crippen LogP contribution in [0.25, 0.3) is 11.2 Å². The molecule has 0 bridgehead atoms. The van der Waals surface area contributed by atoms with E-state index < -0.39 is 23.7 Å². The molecule has 0 radical (unpaired) electrons. The number of nitrogens with one attached hydrogen (secondary N) is 1. The first-order valence-corrected chi connectivity index (χ1v) is 8.09. The summed E-state index contributed by atoms with van der Waals surface area (Å²) in [4.78, 5) is 24.5. The molecular weight excluding hydrogens is 336 g/mol. The molecule has 5 atom stereocenters. The van der Waals surface area contributed by atoms with Gasteiger partial charge in [-0.3, -0.25) is 4.79 Å². The van der Waals surface area contributed by atoms with Gasteiger partial charge >= 0.3 is 0 Å². The molecule has 2 fully saturated rings. The van der Waals surface area contributed by atoms with E-state index >= 15 is 0 Å². The number of aliphatic hydroxyl groups excluding tert-OH is 2. The van der Waals surface area contributed by atoms with Crippen LogP contribution in [0, 0.1) is 11.3 Å². The first-order valence-electron chi connectivity index (χ1n) is 7.71. The van der Waals surface area contributed by atoms with Crippen LogP contribution in [0.1, 0.15) is 19.4 Å². The molecule has 0 aromatic carbocycles. The molecule has 2 aromatic rings. The van der Waals surface area contributed by atoms with Crippen molar-refractivity contribution in [3.05, 3.63) is 11.6 Å². The van der Waals surface area contributed by atoms with Gasteiger partial charge in [-0.2, -0.15) is 9.97 Å². The third-order valence-electron chi connectivity index (χ3n) is 5.18. The highest BCUT2D eigenvalue weighted by molar-refractivity contribution is 6.28. The molecular formula is C14H17ClN6O3. The number of hydrogen-bond acceptors (Lipinski definition) is 7. The molecule has 10 heteroatoms. The smallest absolute Gasteiger partial charge is 0.229 e. The van der Waals surface area contributed by atoms with E-state index in [1.807, 2.05) is 6.92 Å². The first-order chi connectivity index (χ1) is 11.4. The second-order valence-corrected chi connectivity index (χ2v) is 6.68. The zero-order chi connectivity index (χ0) is 17.2. The molecule has 4 rings (SSSR count). The normalized spacial score (nSPS) is 34.3. The number of hydrogen-bond donors (Lipinski definition) is 4. The Hall–Kier alpha value is -1.97. The summed E-state index contributed by atoms with van der Waals surface area (Å²) in [5.74, 6) is -0.301. The molecule has 0 spiro atoms. The van der Waals surface area contributed by atoms with Crippen LogP contribution in [0.15, 0.2) is 6.33 Å². The van der Waals surface area contributed by atoms with Gasteiger partial charge in [-0.1, -0.05) is 0 Å². The molecule has 1 amide bonds. The number of amides is 1. The van der Waals surface area contributed by atoms with E-state index in [1.165, 1.54) is 6.33 Å². The quantitative estimate of drug-likeness (QED) is 0.545. The Balaban J connectivity index is 1.78. The summed E-state index contributed by atoms with van der Waals surface area (Å²) in [6.07, 6.45) is -0.279. The van der Waals surface area contributed by atoms with Crippen molar-refractivity contribution in [2.75, 3.05) is 12.3 Å². The summed E-state index contributed by atoms with van der Waals surface area (Å²) < 4.78 is 1.63. The van der Waals surface area contributed by atoms with Gasteiger partial charge in [-0.25, -0.2) is 4.98 Å². The maximum Gasteiger partial charge on any atom is 0.229 e. The number of rotatable bonds is 3. The van der Waals surface area contributed by atoms with E-state index in [2.05, 4.69) is 20.3 Å². The van der Waals surface area contributed by atoms with Gasteiger partial charge in [0, 0.05) is 12.5 Å². The van der Waals surface area contributed by atoms with Crippen LogP contribution in [-0.4, -0.2) is 54.4 Å². The van der Waals surface area contributed by atoms with Crippen molar-refractivity contribution in [3.8, 4) is 0 Å². The van der Waals surface area contributed by atoms with Crippen LogP contribution in [0.4, 0.5) is 5.82 Å². The monoisotopic (exact) mass is 352 g/mol. The van der Waals surface area contributed by atoms with Gasteiger partial charge in [-0.05, 0) is 24.9 Å². The number of imidazole rings is 1. The molecule has 2 aliphatic rings. The maximum absolute atomic E-state index is 12.4. The minimum absolute atomic E-state index is 0.0272. The Morgan fingerprint density at radius 3 is 3.00 bits per heavy atom. The largest absolute Gasteiger partial charge is 0.389 e. The molecule has 0 unspecified atom stereocenters. The van der Waals surface area contributed by atoms with Gasteiger partial charge in [0.25, 0.3) is 0 Å². The summed E-state index contributed by atoms with van der Waals surface area (Å²) in [7, 11) is 0. The third kappa shape index (κ3) is 1.83. The number of aromatic nitrogens is 4. The zero-order valence-corrected chi connectivity index (χ0v) is 13.6. The van der Waals surface area contributed by atoms with E-state index in [9.17, 15) is 15.0 Å². The summed E-state index contributed by atoms with van der Waals surface area (Å²) in [6.45, 7) is 2.28. The summed E-state index contributed by atoms with van der Waals surface area (Å²) >= 11 is 5.87. The Morgan fingerprint density at radius 2 is 2.29 bits per heavy atom. The molecule has 0 saturated heterocycles. The standard InChI is InChI=1S/C14H17ClN6O3/c1-2-17-12(24)14-3-5(14)7(8(22)9(14)23)21-4-18-6-10(16)19-13(15)20-11(6)21/h4-5,7-9,22-23H,2-3H2,1H3,(H,17,24)(H2,16,19,20)/t5-,7-,8+,9+,14+/m1/s1. The number of fused-ring (bicyclic) bond motifs is 2. The number of nitrogens with zero attached hydrogens (tertiary/aromatic N) is 4. The van der Waals surface area contributed by atoms with Gasteiger partial charge < -0.3 is 25.8 Å². The Labute approximate surface area is 141 Å². The summed E-state index contributed by atoms with van der Waals surface area (Å²) in [5.41, 5.74) is 5.59. The SMILES string of the molecule is CCNC(=O)[C@@]12C[C@@H]1[C@@H](n1cnc3c(N)nc(Cl)nc31)[C@H](O)[C@@H]2O. The molecule has 5 N–H and O–H groups in total. The second-order valence-electron chi connectivity index (χ2n) is 6.34. The lowest BCUT2D eigenvalue weighted by Crippen LogP contribution is -2.42. The van der Waals surface area contributed by atoms with Crippen molar-refractivity contribution in [1.82, 2.24) is 24.8 Å². The van der Waals surface area contributed by atoms with E-state index in [-0.39, 0.29) is 22.9 Å². The van der Waals surface area contributed by atoms with Crippen LogP contribution in [0.2, 0.25) is 5.28 Å². The van der Waals surface area contributed by atoms with E-state index in [0.717, 1.165) is 0 Å². The third-order valence-corrected chi connectivity index (χ3v) is 5.34. The second kappa shape index (κ2) is 5.01. The van der Waals surface area contributed by atoms with Crippen molar-refractivity contribution >= 4 is 34.5 Å². The van der Waals surface area contributed by atoms with Crippen LogP contribution < -0.4 is 11.1 Å². The van der Waals surface area contributed by atoms with E-state index in [4.69, 9.17) is 17.3 Å². The fourth-order valence-corrected chi connectivity index (χ4v) is 4.18. The summed E-state index contributed by atoms with van der Waals surface area (Å²) in [6, 6.07) is -0.530. The van der Waals surface area contributed by atoms with Crippen molar-refractivity contribution in [2.45, 2.75) is 31.6 Å². The van der Waals surface area contributed by atoms with E-state index in [1.54, 1.807) is 4.57 Å². The fraction of sp³-hybridized carbons (Fsp3) is 0.571. The van der Waals surface area contributed by atoms with Gasteiger partial charge in [0.15, 0.2) is 11.5 Å². The van der Waals surface area contributed by atoms with Crippen molar-refractivity contribution in [3.63, 3.8) is 0 Å². The lowest BCUT2D eigenvalue weighted by atomic mass is 9.98. The van der Waals surface area contributed by atoms with Gasteiger partial charge in [0.05, 0.1) is 23.9 Å². The average molecular weight is 353 g/mol. The minimum Gasteiger partial charge on any atom is -0.389 e. The topological polar surface area (TPSA) is 139 Å². The van der Waals surface area contributed by atoms with E-state index in [0.29, 0.717) is 24.1 Å². The number of nitrogens with two attached hydrogens (primary N) is 1. The van der Waals surface area contributed by atoms with Crippen molar-refractivity contribution < 1.29 is 15.0 Å². The molecule has 0 aliphatic heterocycles. The minimum atomic E-state index is -1.15. The van der Waals surface area contributed by atoms with Crippen molar-refractivity contribution in [2.24, 2.45) is 11.3 Å². The number of aliphatic hydroxyl groups is 2. The number of halogens is 1. The van der Waals surface area contributed by atoms with Crippen LogP contribution in [0.5, 0.6) is 0 Å². The molecule has 2 aliphatic carbocycles. The maximum atomic E-state index is 12.4. The zero-order valence-electron chi connectivity index (χ0n) is 12.8. The Kier molecular flexibility index (Phi) is 3.25. The average Bonchev–Trinajstić information content (AvgIpc) is 3.07. The Bertz CT molecular complexity index is 841. The highest BCUT2D eigenvalue weighted by atomic mass is 35.5. The van der Waals surface area contributed by atoms with Crippen LogP contribution in [-0.2, 0) is 4.79 Å². The number of carbonyl (C=O) groups is 1. The van der Waals surface area contributed by atoms with Crippen LogP contribution >= 0.6 is 11.6 Å². The molecule has 24 heavy (non-hydrogen) atoms. The fourth-order valence-electron chi connectivity index (χ4n) is 4.01. The predicted octanol–water partition coefficient (Wildman–Crippen LogP) is -0.519. The molecule has 2 aromatic heterocycles. The van der Waals surface area contributed by atoms with Crippen molar-refractivity contribution in [1.29, 1.82) is 0 Å². The predicted molar refractivity (Wildman–Crippen MR) is 85.0 cm³/mol. The molecule has 2 saturated carbocycles. The van der Waals surface area contributed by atoms with Crippen LogP contribution in [0.3, 0.4) is 0 Å². The lowest BCUT2D eigenvalue weighted by Gasteiger charge is -2.23. The van der Waals surface area contributed by atoms with Gasteiger partial charge in [0.2, 0.25) is 11.2 Å². The molecule has 2 heterocycles. The number of nitrogen functional groups attached to an aromatic ring is 1. The molecule has 128 valence electrons. The van der Waals surface area contributed by atoms with Gasteiger partial charge in [-0.15, -0.1) is 0 Å². The summed E-state index contributed by atoms with van der Waals surface area (Å²) in [5, 5.41) is 23.7. The number of carbonyl (C=O) groups excluding carboxylic acids is 1. The molecule has 9 nitrogen and oxygen atoms in total. The lowest BCUT2D eigenvalue weighted by molar-refractivity contribution is -0.132. The first kappa shape index (κ1) is 15.6. The highest BCUT2D eigenvalue weighted by Crippen LogP contribution is 2.67. The highest BCUT2D eigenvalue weighted by Gasteiger charge is 2.75. The Morgan fingerprint density at radius 1 is 1.54 bits per heavy atom. The van der Waals surface area contributed by atoms with Gasteiger partial charge in [0.1, 0.15) is 11.6 Å².